The van der Waals surface area contributed by atoms with Crippen LogP contribution in [-0.2, 0) is 9.47 Å². The average molecular weight is 482 g/mol. The maximum atomic E-state index is 9.90. The molecule has 3 fully saturated rings. The Labute approximate surface area is 196 Å². The summed E-state index contributed by atoms with van der Waals surface area (Å²) in [5, 5.41) is 14.0. The Morgan fingerprint density at radius 1 is 1.09 bits per heavy atom. The standard InChI is InChI=1S/C21H25Cl2N5O4/c1-27-4-6-28(7-5-27)15-3-2-12(8-13(15)22)25-21-24-9-14(23)20(26-21)32-17-11-31-18-16(29)10-30-19(17)18/h2-3,8-9,16-19,29H,4-7,10-11H2,1H3,(H,24,25,26)/t16-,17-,18-,19-/m1/s1. The first-order valence-electron chi connectivity index (χ1n) is 10.6. The summed E-state index contributed by atoms with van der Waals surface area (Å²) in [5.41, 5.74) is 1.77. The van der Waals surface area contributed by atoms with Crippen molar-refractivity contribution in [3.63, 3.8) is 0 Å². The Morgan fingerprint density at radius 3 is 2.66 bits per heavy atom. The molecular formula is C21H25Cl2N5O4. The second kappa shape index (κ2) is 9.17. The summed E-state index contributed by atoms with van der Waals surface area (Å²) in [6, 6.07) is 5.81. The minimum absolute atomic E-state index is 0.226. The molecule has 2 aromatic rings. The van der Waals surface area contributed by atoms with Crippen LogP contribution < -0.4 is 15.0 Å². The van der Waals surface area contributed by atoms with E-state index in [4.69, 9.17) is 37.4 Å². The maximum Gasteiger partial charge on any atom is 0.237 e. The molecule has 0 spiro atoms. The third kappa shape index (κ3) is 4.46. The summed E-state index contributed by atoms with van der Waals surface area (Å²) < 4.78 is 17.1. The molecule has 1 aromatic heterocycles. The van der Waals surface area contributed by atoms with Crippen molar-refractivity contribution in [3.05, 3.63) is 34.4 Å². The van der Waals surface area contributed by atoms with Crippen molar-refractivity contribution in [2.45, 2.75) is 24.4 Å². The fourth-order valence-corrected chi connectivity index (χ4v) is 4.64. The molecule has 1 aromatic carbocycles. The summed E-state index contributed by atoms with van der Waals surface area (Å²) in [5.74, 6) is 0.555. The number of nitrogens with zero attached hydrogens (tertiary/aromatic N) is 4. The normalized spacial score (nSPS) is 28.1. The Kier molecular flexibility index (Phi) is 6.28. The first-order chi connectivity index (χ1) is 15.5. The molecule has 3 saturated heterocycles. The summed E-state index contributed by atoms with van der Waals surface area (Å²) in [7, 11) is 2.12. The van der Waals surface area contributed by atoms with E-state index in [0.717, 1.165) is 37.6 Å². The van der Waals surface area contributed by atoms with E-state index in [9.17, 15) is 5.11 Å². The van der Waals surface area contributed by atoms with Gasteiger partial charge in [-0.05, 0) is 25.2 Å². The largest absolute Gasteiger partial charge is 0.468 e. The maximum absolute atomic E-state index is 9.90. The molecule has 0 amide bonds. The van der Waals surface area contributed by atoms with Crippen molar-refractivity contribution in [1.29, 1.82) is 0 Å². The molecule has 0 radical (unpaired) electrons. The van der Waals surface area contributed by atoms with Gasteiger partial charge in [0.2, 0.25) is 11.8 Å². The van der Waals surface area contributed by atoms with Gasteiger partial charge in [-0.3, -0.25) is 0 Å². The molecule has 9 nitrogen and oxygen atoms in total. The number of aliphatic hydroxyl groups is 1. The molecule has 172 valence electrons. The van der Waals surface area contributed by atoms with E-state index in [2.05, 4.69) is 32.1 Å². The van der Waals surface area contributed by atoms with Crippen LogP contribution >= 0.6 is 23.2 Å². The minimum atomic E-state index is -0.648. The number of aromatic nitrogens is 2. The van der Waals surface area contributed by atoms with Crippen molar-refractivity contribution >= 4 is 40.5 Å². The monoisotopic (exact) mass is 481 g/mol. The lowest BCUT2D eigenvalue weighted by atomic mass is 10.1. The minimum Gasteiger partial charge on any atom is -0.468 e. The third-order valence-electron chi connectivity index (χ3n) is 6.00. The molecule has 0 aliphatic carbocycles. The highest BCUT2D eigenvalue weighted by Gasteiger charge is 2.48. The zero-order chi connectivity index (χ0) is 22.2. The predicted molar refractivity (Wildman–Crippen MR) is 121 cm³/mol. The van der Waals surface area contributed by atoms with Gasteiger partial charge in [0.15, 0.2) is 6.10 Å². The molecule has 5 rings (SSSR count). The predicted octanol–water partition coefficient (Wildman–Crippen LogP) is 2.18. The van der Waals surface area contributed by atoms with Gasteiger partial charge in [-0.2, -0.15) is 4.98 Å². The number of fused-ring (bicyclic) bond motifs is 1. The van der Waals surface area contributed by atoms with Gasteiger partial charge < -0.3 is 34.4 Å². The SMILES string of the molecule is CN1CCN(c2ccc(Nc3ncc(Cl)c(O[C@@H]4CO[C@H]5[C@@H]4OC[C@H]5O)n3)cc2Cl)CC1. The van der Waals surface area contributed by atoms with E-state index in [1.165, 1.54) is 6.20 Å². The van der Waals surface area contributed by atoms with Crippen molar-refractivity contribution in [2.75, 3.05) is 56.7 Å². The van der Waals surface area contributed by atoms with Gasteiger partial charge >= 0.3 is 0 Å². The van der Waals surface area contributed by atoms with Gasteiger partial charge in [-0.25, -0.2) is 4.98 Å². The highest BCUT2D eigenvalue weighted by atomic mass is 35.5. The van der Waals surface area contributed by atoms with E-state index in [1.807, 2.05) is 18.2 Å². The summed E-state index contributed by atoms with van der Waals surface area (Å²) in [6.07, 6.45) is -0.322. The van der Waals surface area contributed by atoms with E-state index < -0.39 is 12.2 Å². The van der Waals surface area contributed by atoms with Crippen LogP contribution in [0.4, 0.5) is 17.3 Å². The molecule has 0 bridgehead atoms. The van der Waals surface area contributed by atoms with Crippen LogP contribution in [0.1, 0.15) is 0 Å². The highest BCUT2D eigenvalue weighted by molar-refractivity contribution is 6.33. The molecule has 11 heteroatoms. The number of hydrogen-bond acceptors (Lipinski definition) is 9. The molecule has 4 atom stereocenters. The number of rotatable bonds is 5. The molecule has 3 aliphatic rings. The van der Waals surface area contributed by atoms with Gasteiger partial charge in [0.05, 0.1) is 30.1 Å². The zero-order valence-electron chi connectivity index (χ0n) is 17.6. The molecule has 4 heterocycles. The fraction of sp³-hybridized carbons (Fsp3) is 0.524. The smallest absolute Gasteiger partial charge is 0.237 e. The van der Waals surface area contributed by atoms with Gasteiger partial charge in [0.1, 0.15) is 23.3 Å². The molecule has 0 unspecified atom stereocenters. The van der Waals surface area contributed by atoms with Gasteiger partial charge in [0.25, 0.3) is 0 Å². The van der Waals surface area contributed by atoms with E-state index >= 15 is 0 Å². The summed E-state index contributed by atoms with van der Waals surface area (Å²) in [6.45, 7) is 4.42. The van der Waals surface area contributed by atoms with E-state index in [-0.39, 0.29) is 29.7 Å². The number of ether oxygens (including phenoxy) is 3. The van der Waals surface area contributed by atoms with Gasteiger partial charge in [-0.1, -0.05) is 23.2 Å². The topological polar surface area (TPSA) is 92.2 Å². The first-order valence-corrected chi connectivity index (χ1v) is 11.3. The number of hydrogen-bond donors (Lipinski definition) is 2. The van der Waals surface area contributed by atoms with Crippen molar-refractivity contribution < 1.29 is 19.3 Å². The molecular weight excluding hydrogens is 457 g/mol. The number of piperazine rings is 1. The number of benzene rings is 1. The molecule has 0 saturated carbocycles. The lowest BCUT2D eigenvalue weighted by Gasteiger charge is -2.34. The lowest BCUT2D eigenvalue weighted by molar-refractivity contribution is 0.00782. The van der Waals surface area contributed by atoms with Crippen LogP contribution in [0, 0.1) is 0 Å². The summed E-state index contributed by atoms with van der Waals surface area (Å²) >= 11 is 12.8. The number of likely N-dealkylation sites (N-methyl/N-ethyl adjacent to an activating group) is 1. The quantitative estimate of drug-likeness (QED) is 0.666. The van der Waals surface area contributed by atoms with Gasteiger partial charge in [-0.15, -0.1) is 0 Å². The van der Waals surface area contributed by atoms with Crippen molar-refractivity contribution in [3.8, 4) is 5.88 Å². The van der Waals surface area contributed by atoms with Crippen LogP contribution in [0.15, 0.2) is 24.4 Å². The first kappa shape index (κ1) is 21.9. The van der Waals surface area contributed by atoms with Crippen LogP contribution in [-0.4, -0.2) is 90.8 Å². The summed E-state index contributed by atoms with van der Waals surface area (Å²) in [4.78, 5) is 13.2. The highest BCUT2D eigenvalue weighted by Crippen LogP contribution is 2.33. The second-order valence-electron chi connectivity index (χ2n) is 8.25. The van der Waals surface area contributed by atoms with Crippen molar-refractivity contribution in [2.24, 2.45) is 0 Å². The number of halogens is 2. The Hall–Kier alpha value is -1.88. The average Bonchev–Trinajstić information content (AvgIpc) is 3.35. The zero-order valence-corrected chi connectivity index (χ0v) is 19.1. The van der Waals surface area contributed by atoms with Gasteiger partial charge in [0, 0.05) is 31.9 Å². The Bertz CT molecular complexity index is 975. The fourth-order valence-electron chi connectivity index (χ4n) is 4.20. The van der Waals surface area contributed by atoms with Crippen LogP contribution in [0.5, 0.6) is 5.88 Å². The van der Waals surface area contributed by atoms with Crippen LogP contribution in [0.3, 0.4) is 0 Å². The van der Waals surface area contributed by atoms with Crippen LogP contribution in [0.2, 0.25) is 10.0 Å². The second-order valence-corrected chi connectivity index (χ2v) is 9.06. The number of aliphatic hydroxyl groups excluding tert-OH is 1. The molecule has 3 aliphatic heterocycles. The third-order valence-corrected chi connectivity index (χ3v) is 6.57. The number of anilines is 3. The Balaban J connectivity index is 1.27. The van der Waals surface area contributed by atoms with E-state index in [0.29, 0.717) is 17.6 Å². The Morgan fingerprint density at radius 2 is 1.88 bits per heavy atom. The van der Waals surface area contributed by atoms with Crippen molar-refractivity contribution in [1.82, 2.24) is 14.9 Å². The molecule has 32 heavy (non-hydrogen) atoms. The molecule has 2 N–H and O–H groups in total. The van der Waals surface area contributed by atoms with Crippen LogP contribution in [0.25, 0.3) is 0 Å². The lowest BCUT2D eigenvalue weighted by Crippen LogP contribution is -2.44. The number of nitrogens with one attached hydrogen (secondary N) is 1. The van der Waals surface area contributed by atoms with E-state index in [1.54, 1.807) is 0 Å².